The molecule has 1 aromatic heterocycles. The maximum atomic E-state index is 13.5. The Morgan fingerprint density at radius 2 is 1.62 bits per heavy atom. The van der Waals surface area contributed by atoms with Crippen LogP contribution in [0, 0.1) is 0 Å². The Bertz CT molecular complexity index is 1150. The Morgan fingerprint density at radius 1 is 0.862 bits per heavy atom. The number of rotatable bonds is 3. The third-order valence-electron chi connectivity index (χ3n) is 5.37. The Hall–Kier alpha value is -2.89. The molecule has 6 heteroatoms. The molecule has 144 valence electrons. The van der Waals surface area contributed by atoms with Gasteiger partial charge in [0, 0.05) is 18.0 Å². The SMILES string of the molecule is O=C1C(c2cccs2)=C(N2CCc3ccccc3C2)C(=O)N1c1ccccc1Cl. The number of hydrogen-bond donors (Lipinski definition) is 0. The summed E-state index contributed by atoms with van der Waals surface area (Å²) in [6, 6.07) is 19.0. The molecule has 0 fully saturated rings. The zero-order valence-corrected chi connectivity index (χ0v) is 17.0. The highest BCUT2D eigenvalue weighted by atomic mass is 35.5. The van der Waals surface area contributed by atoms with Crippen molar-refractivity contribution in [3.63, 3.8) is 0 Å². The fourth-order valence-electron chi connectivity index (χ4n) is 3.99. The Morgan fingerprint density at radius 3 is 2.38 bits per heavy atom. The van der Waals surface area contributed by atoms with Crippen LogP contribution < -0.4 is 4.90 Å². The van der Waals surface area contributed by atoms with Gasteiger partial charge in [-0.1, -0.05) is 54.1 Å². The molecule has 0 spiro atoms. The summed E-state index contributed by atoms with van der Waals surface area (Å²) >= 11 is 7.80. The number of imide groups is 1. The quantitative estimate of drug-likeness (QED) is 0.574. The van der Waals surface area contributed by atoms with Gasteiger partial charge in [0.15, 0.2) is 0 Å². The first-order chi connectivity index (χ1) is 14.1. The first-order valence-corrected chi connectivity index (χ1v) is 10.6. The van der Waals surface area contributed by atoms with Crippen molar-refractivity contribution in [3.8, 4) is 0 Å². The second-order valence-corrected chi connectivity index (χ2v) is 8.39. The summed E-state index contributed by atoms with van der Waals surface area (Å²) in [6.07, 6.45) is 0.838. The van der Waals surface area contributed by atoms with Gasteiger partial charge in [-0.15, -0.1) is 11.3 Å². The molecule has 3 aromatic rings. The van der Waals surface area contributed by atoms with Crippen LogP contribution in [-0.4, -0.2) is 23.3 Å². The summed E-state index contributed by atoms with van der Waals surface area (Å²) in [4.78, 5) is 31.0. The van der Waals surface area contributed by atoms with Gasteiger partial charge in [0.1, 0.15) is 5.70 Å². The van der Waals surface area contributed by atoms with E-state index < -0.39 is 0 Å². The molecule has 0 N–H and O–H groups in total. The molecule has 0 radical (unpaired) electrons. The minimum Gasteiger partial charge on any atom is -0.362 e. The Kier molecular flexibility index (Phi) is 4.49. The summed E-state index contributed by atoms with van der Waals surface area (Å²) in [5.41, 5.74) is 3.83. The lowest BCUT2D eigenvalue weighted by Gasteiger charge is -2.31. The summed E-state index contributed by atoms with van der Waals surface area (Å²) in [6.45, 7) is 1.30. The van der Waals surface area contributed by atoms with E-state index in [1.807, 2.05) is 34.5 Å². The van der Waals surface area contributed by atoms with E-state index in [0.29, 0.717) is 35.1 Å². The van der Waals surface area contributed by atoms with Crippen molar-refractivity contribution in [3.05, 3.63) is 92.8 Å². The highest BCUT2D eigenvalue weighted by Gasteiger charge is 2.43. The van der Waals surface area contributed by atoms with E-state index in [4.69, 9.17) is 11.6 Å². The van der Waals surface area contributed by atoms with Gasteiger partial charge < -0.3 is 4.90 Å². The molecule has 5 rings (SSSR count). The van der Waals surface area contributed by atoms with Gasteiger partial charge in [-0.25, -0.2) is 4.90 Å². The van der Waals surface area contributed by atoms with Crippen molar-refractivity contribution in [2.75, 3.05) is 11.4 Å². The minimum absolute atomic E-state index is 0.314. The van der Waals surface area contributed by atoms with Crippen LogP contribution in [0.2, 0.25) is 5.02 Å². The van der Waals surface area contributed by atoms with Gasteiger partial charge in [-0.2, -0.15) is 0 Å². The fraction of sp³-hybridized carbons (Fsp3) is 0.130. The van der Waals surface area contributed by atoms with Crippen molar-refractivity contribution < 1.29 is 9.59 Å². The molecule has 0 unspecified atom stereocenters. The highest BCUT2D eigenvalue weighted by molar-refractivity contribution is 7.11. The molecule has 4 nitrogen and oxygen atoms in total. The average molecular weight is 421 g/mol. The lowest BCUT2D eigenvalue weighted by Crippen LogP contribution is -2.37. The molecule has 0 aliphatic carbocycles. The van der Waals surface area contributed by atoms with E-state index in [-0.39, 0.29) is 11.8 Å². The van der Waals surface area contributed by atoms with Crippen LogP contribution >= 0.6 is 22.9 Å². The molecular weight excluding hydrogens is 404 g/mol. The van der Waals surface area contributed by atoms with Crippen LogP contribution in [0.25, 0.3) is 5.57 Å². The third-order valence-corrected chi connectivity index (χ3v) is 6.57. The first kappa shape index (κ1) is 18.2. The predicted octanol–water partition coefficient (Wildman–Crippen LogP) is 4.74. The average Bonchev–Trinajstić information content (AvgIpc) is 3.35. The predicted molar refractivity (Wildman–Crippen MR) is 116 cm³/mol. The standard InChI is InChI=1S/C23H17ClN2O2S/c24-17-8-3-4-9-18(17)26-22(27)20(19-10-5-13-29-19)21(23(26)28)25-12-11-15-6-1-2-7-16(15)14-25/h1-10,13H,11-12,14H2. The fourth-order valence-corrected chi connectivity index (χ4v) is 4.98. The van der Waals surface area contributed by atoms with Crippen LogP contribution in [0.4, 0.5) is 5.69 Å². The zero-order valence-electron chi connectivity index (χ0n) is 15.5. The number of para-hydroxylation sites is 1. The van der Waals surface area contributed by atoms with Gasteiger partial charge in [-0.3, -0.25) is 9.59 Å². The smallest absolute Gasteiger partial charge is 0.282 e. The molecule has 2 aromatic carbocycles. The summed E-state index contributed by atoms with van der Waals surface area (Å²) in [5.74, 6) is -0.634. The molecular formula is C23H17ClN2O2S. The molecule has 0 bridgehead atoms. The lowest BCUT2D eigenvalue weighted by atomic mass is 9.99. The maximum Gasteiger partial charge on any atom is 0.282 e. The van der Waals surface area contributed by atoms with Crippen LogP contribution in [-0.2, 0) is 22.6 Å². The van der Waals surface area contributed by atoms with Gasteiger partial charge in [-0.05, 0) is 41.1 Å². The second-order valence-electron chi connectivity index (χ2n) is 7.04. The van der Waals surface area contributed by atoms with E-state index >= 15 is 0 Å². The number of fused-ring (bicyclic) bond motifs is 1. The summed E-state index contributed by atoms with van der Waals surface area (Å²) < 4.78 is 0. The highest BCUT2D eigenvalue weighted by Crippen LogP contribution is 2.39. The number of anilines is 1. The van der Waals surface area contributed by atoms with Crippen molar-refractivity contribution >= 4 is 46.0 Å². The normalized spacial score (nSPS) is 16.6. The molecule has 2 aliphatic heterocycles. The summed E-state index contributed by atoms with van der Waals surface area (Å²) in [5, 5.41) is 2.30. The number of carbonyl (C=O) groups is 2. The number of amides is 2. The largest absolute Gasteiger partial charge is 0.362 e. The molecule has 0 saturated carbocycles. The molecule has 2 amide bonds. The van der Waals surface area contributed by atoms with Crippen LogP contribution in [0.3, 0.4) is 0 Å². The number of benzene rings is 2. The Balaban J connectivity index is 1.62. The molecule has 2 aliphatic rings. The zero-order chi connectivity index (χ0) is 20.0. The topological polar surface area (TPSA) is 40.6 Å². The summed E-state index contributed by atoms with van der Waals surface area (Å²) in [7, 11) is 0. The molecule has 3 heterocycles. The monoisotopic (exact) mass is 420 g/mol. The van der Waals surface area contributed by atoms with E-state index in [1.165, 1.54) is 27.4 Å². The van der Waals surface area contributed by atoms with Gasteiger partial charge in [0.05, 0.1) is 16.3 Å². The van der Waals surface area contributed by atoms with E-state index in [2.05, 4.69) is 12.1 Å². The molecule has 29 heavy (non-hydrogen) atoms. The Labute approximate surface area is 177 Å². The van der Waals surface area contributed by atoms with E-state index in [1.54, 1.807) is 24.3 Å². The number of halogens is 1. The molecule has 0 atom stereocenters. The molecule has 0 saturated heterocycles. The van der Waals surface area contributed by atoms with Crippen molar-refractivity contribution in [1.82, 2.24) is 4.90 Å². The van der Waals surface area contributed by atoms with E-state index in [9.17, 15) is 9.59 Å². The van der Waals surface area contributed by atoms with Gasteiger partial charge in [0.2, 0.25) is 0 Å². The second kappa shape index (κ2) is 7.17. The van der Waals surface area contributed by atoms with Gasteiger partial charge in [0.25, 0.3) is 11.8 Å². The minimum atomic E-state index is -0.320. The van der Waals surface area contributed by atoms with Crippen molar-refractivity contribution in [2.24, 2.45) is 0 Å². The number of nitrogens with zero attached hydrogens (tertiary/aromatic N) is 2. The van der Waals surface area contributed by atoms with Crippen LogP contribution in [0.5, 0.6) is 0 Å². The third kappa shape index (κ3) is 2.98. The van der Waals surface area contributed by atoms with Crippen molar-refractivity contribution in [2.45, 2.75) is 13.0 Å². The van der Waals surface area contributed by atoms with Crippen LogP contribution in [0.1, 0.15) is 16.0 Å². The van der Waals surface area contributed by atoms with E-state index in [0.717, 1.165) is 11.3 Å². The van der Waals surface area contributed by atoms with Crippen molar-refractivity contribution in [1.29, 1.82) is 0 Å². The number of carbonyl (C=O) groups excluding carboxylic acids is 2. The lowest BCUT2D eigenvalue weighted by molar-refractivity contribution is -0.120. The first-order valence-electron chi connectivity index (χ1n) is 9.38. The van der Waals surface area contributed by atoms with Crippen LogP contribution in [0.15, 0.2) is 71.7 Å². The van der Waals surface area contributed by atoms with Gasteiger partial charge >= 0.3 is 0 Å². The number of hydrogen-bond acceptors (Lipinski definition) is 4. The number of thiophene rings is 1. The maximum absolute atomic E-state index is 13.5.